The maximum absolute atomic E-state index is 5.21. The number of thiocarbonyl (C=S) groups is 1. The molecule has 20 heavy (non-hydrogen) atoms. The molecule has 2 nitrogen and oxygen atoms in total. The first-order valence-electron chi connectivity index (χ1n) is 6.90. The summed E-state index contributed by atoms with van der Waals surface area (Å²) in [6, 6.07) is 19.2. The van der Waals surface area contributed by atoms with Crippen LogP contribution in [0.1, 0.15) is 25.5 Å². The SMILES string of the molecule is CCNC(=S)NC(C)c1ccc(-c2ccccc2)cc1. The summed E-state index contributed by atoms with van der Waals surface area (Å²) in [6.45, 7) is 4.99. The van der Waals surface area contributed by atoms with Crippen molar-refractivity contribution in [2.75, 3.05) is 6.54 Å². The van der Waals surface area contributed by atoms with Gasteiger partial charge in [0.1, 0.15) is 0 Å². The lowest BCUT2D eigenvalue weighted by Crippen LogP contribution is -2.36. The second kappa shape index (κ2) is 7.06. The zero-order valence-corrected chi connectivity index (χ0v) is 12.7. The second-order valence-electron chi connectivity index (χ2n) is 4.71. The van der Waals surface area contributed by atoms with Gasteiger partial charge < -0.3 is 10.6 Å². The molecule has 0 saturated carbocycles. The Kier molecular flexibility index (Phi) is 5.13. The zero-order valence-electron chi connectivity index (χ0n) is 11.9. The van der Waals surface area contributed by atoms with Crippen LogP contribution in [0.4, 0.5) is 0 Å². The molecule has 0 heterocycles. The van der Waals surface area contributed by atoms with Crippen LogP contribution in [0.5, 0.6) is 0 Å². The number of benzene rings is 2. The van der Waals surface area contributed by atoms with Crippen LogP contribution in [0.15, 0.2) is 54.6 Å². The van der Waals surface area contributed by atoms with Crippen LogP contribution in [-0.2, 0) is 0 Å². The predicted molar refractivity (Wildman–Crippen MR) is 89.7 cm³/mol. The van der Waals surface area contributed by atoms with Gasteiger partial charge in [0.05, 0.1) is 6.04 Å². The van der Waals surface area contributed by atoms with Gasteiger partial charge in [0.15, 0.2) is 5.11 Å². The molecule has 2 aromatic rings. The summed E-state index contributed by atoms with van der Waals surface area (Å²) in [6.07, 6.45) is 0. The summed E-state index contributed by atoms with van der Waals surface area (Å²) in [5.74, 6) is 0. The number of hydrogen-bond donors (Lipinski definition) is 2. The molecule has 0 aliphatic rings. The molecule has 0 fully saturated rings. The van der Waals surface area contributed by atoms with Crippen LogP contribution in [0.3, 0.4) is 0 Å². The third kappa shape index (κ3) is 3.81. The van der Waals surface area contributed by atoms with Gasteiger partial charge in [0.2, 0.25) is 0 Å². The first-order valence-corrected chi connectivity index (χ1v) is 7.31. The van der Waals surface area contributed by atoms with Crippen LogP contribution < -0.4 is 10.6 Å². The van der Waals surface area contributed by atoms with Crippen LogP contribution in [0, 0.1) is 0 Å². The molecule has 2 aromatic carbocycles. The fourth-order valence-electron chi connectivity index (χ4n) is 2.09. The Balaban J connectivity index is 2.06. The van der Waals surface area contributed by atoms with E-state index in [1.807, 2.05) is 13.0 Å². The molecular formula is C17H20N2S. The van der Waals surface area contributed by atoms with Crippen molar-refractivity contribution in [2.24, 2.45) is 0 Å². The molecule has 0 aliphatic heterocycles. The summed E-state index contributed by atoms with van der Waals surface area (Å²) in [7, 11) is 0. The maximum atomic E-state index is 5.21. The van der Waals surface area contributed by atoms with Crippen molar-refractivity contribution in [3.63, 3.8) is 0 Å². The highest BCUT2D eigenvalue weighted by molar-refractivity contribution is 7.80. The van der Waals surface area contributed by atoms with Crippen molar-refractivity contribution in [3.8, 4) is 11.1 Å². The monoisotopic (exact) mass is 284 g/mol. The highest BCUT2D eigenvalue weighted by Gasteiger charge is 2.06. The topological polar surface area (TPSA) is 24.1 Å². The van der Waals surface area contributed by atoms with Gasteiger partial charge in [-0.15, -0.1) is 0 Å². The Labute approximate surface area is 126 Å². The third-order valence-electron chi connectivity index (χ3n) is 3.20. The van der Waals surface area contributed by atoms with Crippen LogP contribution in [0.25, 0.3) is 11.1 Å². The Hall–Kier alpha value is -1.87. The summed E-state index contributed by atoms with van der Waals surface area (Å²) in [5, 5.41) is 7.08. The minimum absolute atomic E-state index is 0.200. The molecule has 0 saturated heterocycles. The van der Waals surface area contributed by atoms with Crippen LogP contribution >= 0.6 is 12.2 Å². The zero-order chi connectivity index (χ0) is 14.4. The van der Waals surface area contributed by atoms with E-state index in [1.165, 1.54) is 16.7 Å². The number of nitrogens with one attached hydrogen (secondary N) is 2. The Bertz CT molecular complexity index is 549. The van der Waals surface area contributed by atoms with Gasteiger partial charge in [0.25, 0.3) is 0 Å². The Morgan fingerprint density at radius 1 is 1.00 bits per heavy atom. The van der Waals surface area contributed by atoms with E-state index in [2.05, 4.69) is 66.1 Å². The minimum Gasteiger partial charge on any atom is -0.363 e. The Morgan fingerprint density at radius 2 is 1.60 bits per heavy atom. The fourth-order valence-corrected chi connectivity index (χ4v) is 2.41. The lowest BCUT2D eigenvalue weighted by Gasteiger charge is -2.17. The van der Waals surface area contributed by atoms with Gasteiger partial charge in [-0.3, -0.25) is 0 Å². The van der Waals surface area contributed by atoms with Crippen molar-refractivity contribution < 1.29 is 0 Å². The minimum atomic E-state index is 0.200. The molecule has 0 amide bonds. The van der Waals surface area contributed by atoms with Gasteiger partial charge >= 0.3 is 0 Å². The molecule has 3 heteroatoms. The van der Waals surface area contributed by atoms with Gasteiger partial charge in [0, 0.05) is 6.54 Å². The summed E-state index contributed by atoms with van der Waals surface area (Å²) < 4.78 is 0. The molecule has 0 aromatic heterocycles. The van der Waals surface area contributed by atoms with E-state index < -0.39 is 0 Å². The average Bonchev–Trinajstić information content (AvgIpc) is 2.48. The van der Waals surface area contributed by atoms with Gasteiger partial charge in [-0.25, -0.2) is 0 Å². The highest BCUT2D eigenvalue weighted by Crippen LogP contribution is 2.21. The van der Waals surface area contributed by atoms with E-state index in [1.54, 1.807) is 0 Å². The largest absolute Gasteiger partial charge is 0.363 e. The molecule has 0 bridgehead atoms. The van der Waals surface area contributed by atoms with Crippen molar-refractivity contribution >= 4 is 17.3 Å². The summed E-state index contributed by atoms with van der Waals surface area (Å²) in [4.78, 5) is 0. The number of hydrogen-bond acceptors (Lipinski definition) is 1. The summed E-state index contributed by atoms with van der Waals surface area (Å²) in [5.41, 5.74) is 3.70. The molecule has 104 valence electrons. The van der Waals surface area contributed by atoms with Crippen LogP contribution in [-0.4, -0.2) is 11.7 Å². The third-order valence-corrected chi connectivity index (χ3v) is 3.46. The number of rotatable bonds is 4. The quantitative estimate of drug-likeness (QED) is 0.833. The van der Waals surface area contributed by atoms with Gasteiger partial charge in [-0.1, -0.05) is 54.6 Å². The highest BCUT2D eigenvalue weighted by atomic mass is 32.1. The van der Waals surface area contributed by atoms with Gasteiger partial charge in [-0.2, -0.15) is 0 Å². The molecular weight excluding hydrogens is 264 g/mol. The van der Waals surface area contributed by atoms with Crippen molar-refractivity contribution in [1.82, 2.24) is 10.6 Å². The first-order chi connectivity index (χ1) is 9.70. The fraction of sp³-hybridized carbons (Fsp3) is 0.235. The molecule has 2 N–H and O–H groups in total. The van der Waals surface area contributed by atoms with Crippen molar-refractivity contribution in [1.29, 1.82) is 0 Å². The lowest BCUT2D eigenvalue weighted by atomic mass is 10.0. The molecule has 1 unspecified atom stereocenters. The van der Waals surface area contributed by atoms with Crippen LogP contribution in [0.2, 0.25) is 0 Å². The van der Waals surface area contributed by atoms with E-state index in [4.69, 9.17) is 12.2 Å². The smallest absolute Gasteiger partial charge is 0.166 e. The van der Waals surface area contributed by atoms with Crippen molar-refractivity contribution in [2.45, 2.75) is 19.9 Å². The second-order valence-corrected chi connectivity index (χ2v) is 5.12. The Morgan fingerprint density at radius 3 is 2.20 bits per heavy atom. The van der Waals surface area contributed by atoms with E-state index in [0.29, 0.717) is 5.11 Å². The molecule has 2 rings (SSSR count). The molecule has 1 atom stereocenters. The maximum Gasteiger partial charge on any atom is 0.166 e. The van der Waals surface area contributed by atoms with E-state index >= 15 is 0 Å². The van der Waals surface area contributed by atoms with E-state index in [-0.39, 0.29) is 6.04 Å². The molecule has 0 spiro atoms. The average molecular weight is 284 g/mol. The lowest BCUT2D eigenvalue weighted by molar-refractivity contribution is 0.702. The van der Waals surface area contributed by atoms with Crippen molar-refractivity contribution in [3.05, 3.63) is 60.2 Å². The normalized spacial score (nSPS) is 11.7. The standard InChI is InChI=1S/C17H20N2S/c1-3-18-17(20)19-13(2)14-9-11-16(12-10-14)15-7-5-4-6-8-15/h4-13H,3H2,1-2H3,(H2,18,19,20). The summed E-state index contributed by atoms with van der Waals surface area (Å²) >= 11 is 5.21. The van der Waals surface area contributed by atoms with E-state index in [9.17, 15) is 0 Å². The van der Waals surface area contributed by atoms with E-state index in [0.717, 1.165) is 6.54 Å². The predicted octanol–water partition coefficient (Wildman–Crippen LogP) is 3.90. The first kappa shape index (κ1) is 14.5. The molecule has 0 aliphatic carbocycles. The van der Waals surface area contributed by atoms with Gasteiger partial charge in [-0.05, 0) is 42.8 Å². The molecule has 0 radical (unpaired) electrons.